The molecular weight excluding hydrogens is 373 g/mol. The standard InChI is InChI=1S/C13H9BrClF3N2O/c1-2-19-12-9(17)4-10(18)13(20-12)21-11-5-8(16)7(15)3-6(11)14/h3-5H,2H2,1H3,(H,19,20). The summed E-state index contributed by atoms with van der Waals surface area (Å²) < 4.78 is 46.0. The van der Waals surface area contributed by atoms with E-state index in [1.54, 1.807) is 6.92 Å². The molecule has 0 amide bonds. The lowest BCUT2D eigenvalue weighted by atomic mass is 10.3. The van der Waals surface area contributed by atoms with Crippen molar-refractivity contribution in [1.82, 2.24) is 4.98 Å². The molecule has 0 aliphatic heterocycles. The molecule has 0 saturated heterocycles. The van der Waals surface area contributed by atoms with E-state index >= 15 is 0 Å². The molecule has 1 aromatic heterocycles. The van der Waals surface area contributed by atoms with Crippen LogP contribution in [-0.4, -0.2) is 11.5 Å². The number of ether oxygens (including phenoxy) is 1. The average molecular weight is 382 g/mol. The summed E-state index contributed by atoms with van der Waals surface area (Å²) in [6.45, 7) is 2.13. The number of aromatic nitrogens is 1. The Hall–Kier alpha value is -1.47. The van der Waals surface area contributed by atoms with E-state index in [4.69, 9.17) is 16.3 Å². The molecule has 2 rings (SSSR count). The minimum atomic E-state index is -1.00. The van der Waals surface area contributed by atoms with Crippen LogP contribution in [0.4, 0.5) is 19.0 Å². The van der Waals surface area contributed by atoms with Crippen LogP contribution < -0.4 is 10.1 Å². The summed E-state index contributed by atoms with van der Waals surface area (Å²) >= 11 is 8.71. The molecule has 1 aromatic carbocycles. The van der Waals surface area contributed by atoms with Gasteiger partial charge in [-0.25, -0.2) is 13.2 Å². The first-order valence-electron chi connectivity index (χ1n) is 5.84. The fourth-order valence-corrected chi connectivity index (χ4v) is 2.22. The van der Waals surface area contributed by atoms with Crippen LogP contribution in [-0.2, 0) is 0 Å². The Balaban J connectivity index is 2.39. The monoisotopic (exact) mass is 380 g/mol. The van der Waals surface area contributed by atoms with Gasteiger partial charge in [-0.15, -0.1) is 0 Å². The summed E-state index contributed by atoms with van der Waals surface area (Å²) in [6.07, 6.45) is 0. The van der Waals surface area contributed by atoms with Gasteiger partial charge in [0.15, 0.2) is 17.5 Å². The number of nitrogens with zero attached hydrogens (tertiary/aromatic N) is 1. The van der Waals surface area contributed by atoms with E-state index in [9.17, 15) is 13.2 Å². The highest BCUT2D eigenvalue weighted by atomic mass is 79.9. The third-order valence-corrected chi connectivity index (χ3v) is 3.33. The molecule has 0 atom stereocenters. The lowest BCUT2D eigenvalue weighted by Crippen LogP contribution is -2.05. The molecule has 0 fully saturated rings. The Morgan fingerprint density at radius 2 is 1.90 bits per heavy atom. The van der Waals surface area contributed by atoms with E-state index in [1.165, 1.54) is 6.07 Å². The van der Waals surface area contributed by atoms with Crippen molar-refractivity contribution in [2.45, 2.75) is 6.92 Å². The second kappa shape index (κ2) is 6.53. The number of nitrogens with one attached hydrogen (secondary N) is 1. The largest absolute Gasteiger partial charge is 0.435 e. The Labute approximate surface area is 132 Å². The van der Waals surface area contributed by atoms with Gasteiger partial charge in [-0.2, -0.15) is 4.98 Å². The lowest BCUT2D eigenvalue weighted by molar-refractivity contribution is 0.413. The maximum absolute atomic E-state index is 13.7. The van der Waals surface area contributed by atoms with Gasteiger partial charge in [-0.05, 0) is 28.9 Å². The summed E-state index contributed by atoms with van der Waals surface area (Å²) in [5, 5.41) is 2.51. The van der Waals surface area contributed by atoms with Crippen LogP contribution in [0.1, 0.15) is 6.92 Å². The molecular formula is C13H9BrClF3N2O. The summed E-state index contributed by atoms with van der Waals surface area (Å²) in [5.41, 5.74) is 0. The summed E-state index contributed by atoms with van der Waals surface area (Å²) in [7, 11) is 0. The second-order valence-electron chi connectivity index (χ2n) is 3.93. The van der Waals surface area contributed by atoms with Crippen molar-refractivity contribution in [2.24, 2.45) is 0 Å². The molecule has 0 saturated carbocycles. The molecule has 0 radical (unpaired) electrons. The van der Waals surface area contributed by atoms with E-state index in [-0.39, 0.29) is 16.6 Å². The first kappa shape index (κ1) is 15.9. The molecule has 21 heavy (non-hydrogen) atoms. The first-order valence-corrected chi connectivity index (χ1v) is 7.01. The summed E-state index contributed by atoms with van der Waals surface area (Å²) in [6, 6.07) is 2.88. The van der Waals surface area contributed by atoms with Crippen LogP contribution in [0, 0.1) is 17.5 Å². The maximum atomic E-state index is 13.7. The van der Waals surface area contributed by atoms with Crippen LogP contribution >= 0.6 is 27.5 Å². The molecule has 1 heterocycles. The highest BCUT2D eigenvalue weighted by Crippen LogP contribution is 2.34. The molecule has 2 aromatic rings. The van der Waals surface area contributed by atoms with Crippen molar-refractivity contribution in [3.05, 3.63) is 45.1 Å². The van der Waals surface area contributed by atoms with E-state index in [0.717, 1.165) is 6.07 Å². The number of hydrogen-bond acceptors (Lipinski definition) is 3. The molecule has 8 heteroatoms. The van der Waals surface area contributed by atoms with Gasteiger partial charge in [0.1, 0.15) is 11.6 Å². The number of halogens is 5. The zero-order valence-corrected chi connectivity index (χ0v) is 13.0. The van der Waals surface area contributed by atoms with Gasteiger partial charge in [0.05, 0.1) is 9.50 Å². The number of hydrogen-bond donors (Lipinski definition) is 1. The van der Waals surface area contributed by atoms with Crippen molar-refractivity contribution in [3.8, 4) is 11.6 Å². The fourth-order valence-electron chi connectivity index (χ4n) is 1.50. The third kappa shape index (κ3) is 3.59. The molecule has 1 N–H and O–H groups in total. The van der Waals surface area contributed by atoms with Gasteiger partial charge < -0.3 is 10.1 Å². The molecule has 112 valence electrons. The minimum absolute atomic E-state index is 0.0302. The molecule has 0 spiro atoms. The van der Waals surface area contributed by atoms with Crippen molar-refractivity contribution in [1.29, 1.82) is 0 Å². The van der Waals surface area contributed by atoms with Gasteiger partial charge in [0.2, 0.25) is 0 Å². The van der Waals surface area contributed by atoms with Crippen LogP contribution in [0.2, 0.25) is 5.02 Å². The van der Waals surface area contributed by atoms with E-state index in [1.807, 2.05) is 0 Å². The van der Waals surface area contributed by atoms with Crippen molar-refractivity contribution >= 4 is 33.3 Å². The zero-order valence-electron chi connectivity index (χ0n) is 10.7. The predicted molar refractivity (Wildman–Crippen MR) is 77.5 cm³/mol. The third-order valence-electron chi connectivity index (χ3n) is 2.42. The quantitative estimate of drug-likeness (QED) is 0.745. The van der Waals surface area contributed by atoms with Crippen LogP contribution in [0.5, 0.6) is 11.6 Å². The normalized spacial score (nSPS) is 10.6. The maximum Gasteiger partial charge on any atom is 0.258 e. The summed E-state index contributed by atoms with van der Waals surface area (Å²) in [5.74, 6) is -3.24. The molecule has 0 aliphatic rings. The average Bonchev–Trinajstić information content (AvgIpc) is 2.41. The van der Waals surface area contributed by atoms with E-state index < -0.39 is 23.3 Å². The molecule has 0 bridgehead atoms. The van der Waals surface area contributed by atoms with Gasteiger partial charge in [0.25, 0.3) is 5.88 Å². The first-order chi connectivity index (χ1) is 9.92. The smallest absolute Gasteiger partial charge is 0.258 e. The van der Waals surface area contributed by atoms with Gasteiger partial charge >= 0.3 is 0 Å². The molecule has 3 nitrogen and oxygen atoms in total. The van der Waals surface area contributed by atoms with Gasteiger partial charge in [0, 0.05) is 18.7 Å². The van der Waals surface area contributed by atoms with Gasteiger partial charge in [-0.3, -0.25) is 0 Å². The number of pyridine rings is 1. The Kier molecular flexibility index (Phi) is 4.95. The minimum Gasteiger partial charge on any atom is -0.435 e. The second-order valence-corrected chi connectivity index (χ2v) is 5.20. The topological polar surface area (TPSA) is 34.2 Å². The number of rotatable bonds is 4. The highest BCUT2D eigenvalue weighted by Gasteiger charge is 2.16. The molecule has 0 aliphatic carbocycles. The number of anilines is 1. The molecule has 0 unspecified atom stereocenters. The van der Waals surface area contributed by atoms with Crippen LogP contribution in [0.25, 0.3) is 0 Å². The van der Waals surface area contributed by atoms with Crippen molar-refractivity contribution in [3.63, 3.8) is 0 Å². The van der Waals surface area contributed by atoms with Crippen molar-refractivity contribution < 1.29 is 17.9 Å². The van der Waals surface area contributed by atoms with Crippen LogP contribution in [0.15, 0.2) is 22.7 Å². The zero-order chi connectivity index (χ0) is 15.6. The Morgan fingerprint density at radius 3 is 2.57 bits per heavy atom. The van der Waals surface area contributed by atoms with E-state index in [2.05, 4.69) is 26.2 Å². The summed E-state index contributed by atoms with van der Waals surface area (Å²) in [4.78, 5) is 3.69. The predicted octanol–water partition coefficient (Wildman–Crippen LogP) is 5.14. The van der Waals surface area contributed by atoms with Crippen molar-refractivity contribution in [2.75, 3.05) is 11.9 Å². The Bertz CT molecular complexity index is 685. The van der Waals surface area contributed by atoms with Gasteiger partial charge in [-0.1, -0.05) is 11.6 Å². The fraction of sp³-hybridized carbons (Fsp3) is 0.154. The highest BCUT2D eigenvalue weighted by molar-refractivity contribution is 9.10. The lowest BCUT2D eigenvalue weighted by Gasteiger charge is -2.11. The Morgan fingerprint density at radius 1 is 1.19 bits per heavy atom. The van der Waals surface area contributed by atoms with E-state index in [0.29, 0.717) is 17.1 Å². The number of benzene rings is 1. The SMILES string of the molecule is CCNc1nc(Oc2cc(F)c(Cl)cc2Br)c(F)cc1F. The van der Waals surface area contributed by atoms with Crippen LogP contribution in [0.3, 0.4) is 0 Å².